The monoisotopic (exact) mass is 330 g/mol. The van der Waals surface area contributed by atoms with Gasteiger partial charge in [-0.2, -0.15) is 0 Å². The van der Waals surface area contributed by atoms with E-state index in [0.29, 0.717) is 6.42 Å². The number of hydrogen-bond donors (Lipinski definition) is 1. The Kier molecular flexibility index (Phi) is 13.6. The van der Waals surface area contributed by atoms with Gasteiger partial charge in [0.15, 0.2) is 5.78 Å². The van der Waals surface area contributed by atoms with Crippen molar-refractivity contribution >= 4 is 15.9 Å². The van der Waals surface area contributed by atoms with Crippen LogP contribution in [-0.4, -0.2) is 28.8 Å². The molecule has 120 valence electrons. The van der Waals surface area contributed by atoms with Gasteiger partial charge in [0.05, 0.1) is 0 Å². The van der Waals surface area contributed by atoms with E-state index in [4.69, 9.17) is 0 Å². The molecule has 0 fully saturated rings. The van der Waals surface area contributed by atoms with Gasteiger partial charge < -0.3 is 9.66 Å². The van der Waals surface area contributed by atoms with Crippen molar-refractivity contribution in [3.8, 4) is 0 Å². The van der Waals surface area contributed by atoms with Crippen LogP contribution in [-0.2, 0) is 14.9 Å². The molecule has 1 atom stereocenters. The van der Waals surface area contributed by atoms with Crippen molar-refractivity contribution in [1.82, 2.24) is 0 Å². The molecule has 5 nitrogen and oxygen atoms in total. The molecule has 1 unspecified atom stereocenters. The molecule has 0 rings (SSSR count). The Morgan fingerprint density at radius 1 is 1.00 bits per heavy atom. The second-order valence-corrected chi connectivity index (χ2v) is 7.14. The third-order valence-corrected chi connectivity index (χ3v) is 4.71. The van der Waals surface area contributed by atoms with E-state index in [2.05, 4.69) is 6.92 Å². The molecule has 0 heterocycles. The topological polar surface area (TPSA) is 94.5 Å². The average molecular weight is 330 g/mol. The zero-order chi connectivity index (χ0) is 15.6. The number of aliphatic hydroxyl groups is 1. The first-order valence-corrected chi connectivity index (χ1v) is 8.85. The maximum atomic E-state index is 11.5. The minimum absolute atomic E-state index is 0. The summed E-state index contributed by atoms with van der Waals surface area (Å²) in [7, 11) is -5.01. The zero-order valence-electron chi connectivity index (χ0n) is 13.6. The van der Waals surface area contributed by atoms with Crippen LogP contribution in [0.3, 0.4) is 0 Å². The van der Waals surface area contributed by atoms with Crippen LogP contribution in [0.25, 0.3) is 0 Å². The van der Waals surface area contributed by atoms with Crippen LogP contribution in [0.2, 0.25) is 0 Å². The number of ketones is 1. The summed E-state index contributed by atoms with van der Waals surface area (Å²) in [6.45, 7) is 2.93. The quantitative estimate of drug-likeness (QED) is 0.302. The summed E-state index contributed by atoms with van der Waals surface area (Å²) in [4.78, 5) is 8.70. The summed E-state index contributed by atoms with van der Waals surface area (Å²) >= 11 is 0. The molecule has 0 aliphatic rings. The number of carbonyl (C=O) groups is 1. The van der Waals surface area contributed by atoms with Gasteiger partial charge in [-0.25, -0.2) is 8.42 Å². The van der Waals surface area contributed by atoms with Crippen molar-refractivity contribution in [2.45, 2.75) is 83.0 Å². The molecular weight excluding hydrogens is 303 g/mol. The largest absolute Gasteiger partial charge is 1.00 e. The molecule has 0 aromatic rings. The molecule has 7 heteroatoms. The van der Waals surface area contributed by atoms with Crippen LogP contribution < -0.4 is 29.6 Å². The third-order valence-electron chi connectivity index (χ3n) is 3.51. The summed E-state index contributed by atoms with van der Waals surface area (Å²) in [5.74, 6) is -0.907. The summed E-state index contributed by atoms with van der Waals surface area (Å²) in [5.41, 5.74) is 0. The normalized spacial score (nSPS) is 14.3. The van der Waals surface area contributed by atoms with Crippen LogP contribution in [0.4, 0.5) is 0 Å². The molecular formula is C14H27NaO5S. The van der Waals surface area contributed by atoms with Crippen molar-refractivity contribution in [2.24, 2.45) is 0 Å². The van der Waals surface area contributed by atoms with Gasteiger partial charge in [0.25, 0.3) is 0 Å². The Labute approximate surface area is 150 Å². The van der Waals surface area contributed by atoms with E-state index in [1.807, 2.05) is 0 Å². The van der Waals surface area contributed by atoms with Crippen LogP contribution in [0.5, 0.6) is 0 Å². The molecule has 0 saturated carbocycles. The van der Waals surface area contributed by atoms with Gasteiger partial charge in [-0.05, 0) is 13.3 Å². The minimum Gasteiger partial charge on any atom is -0.745 e. The second kappa shape index (κ2) is 12.0. The fourth-order valence-corrected chi connectivity index (χ4v) is 2.35. The molecule has 0 bridgehead atoms. The Morgan fingerprint density at radius 3 is 1.76 bits per heavy atom. The second-order valence-electron chi connectivity index (χ2n) is 5.44. The predicted octanol–water partition coefficient (Wildman–Crippen LogP) is -0.266. The molecule has 0 saturated heterocycles. The summed E-state index contributed by atoms with van der Waals surface area (Å²) < 4.78 is 32.2. The van der Waals surface area contributed by atoms with Crippen molar-refractivity contribution in [3.05, 3.63) is 0 Å². The summed E-state index contributed by atoms with van der Waals surface area (Å²) in [6, 6.07) is 0. The molecule has 0 aliphatic carbocycles. The number of hydrogen-bond acceptors (Lipinski definition) is 5. The first-order chi connectivity index (χ1) is 9.23. The van der Waals surface area contributed by atoms with Gasteiger partial charge in [-0.3, -0.25) is 4.79 Å². The summed E-state index contributed by atoms with van der Waals surface area (Å²) in [6.07, 6.45) is 9.53. The number of Topliss-reactive ketones (excluding diaryl/α,β-unsaturated/α-hetero) is 1. The SMILES string of the molecule is CCCCCCCCCCCC(=O)C(C)(O)S(=O)(=O)[O-].[Na+]. The standard InChI is InChI=1S/C14H28O5S.Na/c1-3-4-5-6-7-8-9-10-11-12-13(15)14(2,16)20(17,18)19;/h16H,3-12H2,1-2H3,(H,17,18,19);/q;+1/p-1. The Bertz CT molecular complexity index is 379. The molecule has 0 aromatic carbocycles. The van der Waals surface area contributed by atoms with E-state index in [9.17, 15) is 22.9 Å². The van der Waals surface area contributed by atoms with E-state index < -0.39 is 20.8 Å². The van der Waals surface area contributed by atoms with E-state index in [-0.39, 0.29) is 36.0 Å². The van der Waals surface area contributed by atoms with E-state index >= 15 is 0 Å². The van der Waals surface area contributed by atoms with Crippen LogP contribution >= 0.6 is 0 Å². The van der Waals surface area contributed by atoms with Gasteiger partial charge in [0.2, 0.25) is 4.93 Å². The Morgan fingerprint density at radius 2 is 1.38 bits per heavy atom. The van der Waals surface area contributed by atoms with Crippen molar-refractivity contribution < 1.29 is 52.4 Å². The minimum atomic E-state index is -5.01. The predicted molar refractivity (Wildman–Crippen MR) is 77.2 cm³/mol. The fourth-order valence-electron chi connectivity index (χ4n) is 1.97. The van der Waals surface area contributed by atoms with Gasteiger partial charge in [-0.15, -0.1) is 0 Å². The average Bonchev–Trinajstić information content (AvgIpc) is 2.35. The maximum absolute atomic E-state index is 11.5. The summed E-state index contributed by atoms with van der Waals surface area (Å²) in [5, 5.41) is 9.39. The van der Waals surface area contributed by atoms with Gasteiger partial charge in [0, 0.05) is 6.42 Å². The van der Waals surface area contributed by atoms with Crippen LogP contribution in [0.1, 0.15) is 78.1 Å². The Balaban J connectivity index is 0. The number of unbranched alkanes of at least 4 members (excludes halogenated alkanes) is 8. The van der Waals surface area contributed by atoms with E-state index in [0.717, 1.165) is 26.2 Å². The number of carbonyl (C=O) groups excluding carboxylic acids is 1. The zero-order valence-corrected chi connectivity index (χ0v) is 16.4. The van der Waals surface area contributed by atoms with Crippen molar-refractivity contribution in [3.63, 3.8) is 0 Å². The van der Waals surface area contributed by atoms with Crippen molar-refractivity contribution in [1.29, 1.82) is 0 Å². The van der Waals surface area contributed by atoms with E-state index in [1.54, 1.807) is 0 Å². The maximum Gasteiger partial charge on any atom is 1.00 e. The fraction of sp³-hybridized carbons (Fsp3) is 0.929. The molecule has 0 aliphatic heterocycles. The van der Waals surface area contributed by atoms with E-state index in [1.165, 1.54) is 32.1 Å². The van der Waals surface area contributed by atoms with Crippen LogP contribution in [0, 0.1) is 0 Å². The van der Waals surface area contributed by atoms with Crippen LogP contribution in [0.15, 0.2) is 0 Å². The molecule has 0 spiro atoms. The Hall–Kier alpha value is 0.540. The van der Waals surface area contributed by atoms with Gasteiger partial charge in [-0.1, -0.05) is 58.3 Å². The third kappa shape index (κ3) is 10.0. The van der Waals surface area contributed by atoms with Gasteiger partial charge in [0.1, 0.15) is 10.1 Å². The molecule has 0 amide bonds. The molecule has 1 N–H and O–H groups in total. The number of rotatable bonds is 12. The molecule has 21 heavy (non-hydrogen) atoms. The first-order valence-electron chi connectivity index (χ1n) is 7.44. The smallest absolute Gasteiger partial charge is 0.745 e. The molecule has 0 aromatic heterocycles. The first kappa shape index (κ1) is 23.8. The van der Waals surface area contributed by atoms with Crippen molar-refractivity contribution in [2.75, 3.05) is 0 Å². The van der Waals surface area contributed by atoms with Gasteiger partial charge >= 0.3 is 29.6 Å². The molecule has 0 radical (unpaired) electrons.